The maximum absolute atomic E-state index is 9.50. The van der Waals surface area contributed by atoms with E-state index in [1.54, 1.807) is 20.4 Å². The third-order valence-electron chi connectivity index (χ3n) is 3.82. The number of anilines is 1. The van der Waals surface area contributed by atoms with Crippen LogP contribution in [-0.4, -0.2) is 55.7 Å². The average Bonchev–Trinajstić information content (AvgIpc) is 2.53. The number of nitrogens with zero attached hydrogens (tertiary/aromatic N) is 3. The van der Waals surface area contributed by atoms with E-state index in [1.165, 1.54) is 5.06 Å². The number of rotatable bonds is 3. The van der Waals surface area contributed by atoms with Gasteiger partial charge in [0.2, 0.25) is 0 Å². The van der Waals surface area contributed by atoms with Crippen LogP contribution >= 0.6 is 0 Å². The highest BCUT2D eigenvalue weighted by Gasteiger charge is 2.18. The minimum Gasteiger partial charge on any atom is -0.493 e. The third kappa shape index (κ3) is 2.59. The molecule has 1 aromatic carbocycles. The number of piperazine rings is 1. The molecule has 0 radical (unpaired) electrons. The molecule has 6 nitrogen and oxygen atoms in total. The first-order valence-electron chi connectivity index (χ1n) is 6.92. The monoisotopic (exact) mass is 289 g/mol. The molecule has 21 heavy (non-hydrogen) atoms. The van der Waals surface area contributed by atoms with E-state index in [1.807, 2.05) is 18.2 Å². The van der Waals surface area contributed by atoms with E-state index in [-0.39, 0.29) is 0 Å². The first kappa shape index (κ1) is 13.9. The van der Waals surface area contributed by atoms with Crippen molar-refractivity contribution in [3.05, 3.63) is 24.4 Å². The smallest absolute Gasteiger partial charge is 0.162 e. The van der Waals surface area contributed by atoms with Crippen LogP contribution in [0.4, 0.5) is 5.69 Å². The number of methoxy groups -OCH3 is 2. The van der Waals surface area contributed by atoms with Gasteiger partial charge in [-0.2, -0.15) is 5.06 Å². The molecule has 1 aromatic heterocycles. The Morgan fingerprint density at radius 1 is 1.05 bits per heavy atom. The summed E-state index contributed by atoms with van der Waals surface area (Å²) in [5, 5.41) is 11.9. The van der Waals surface area contributed by atoms with Crippen LogP contribution in [0.3, 0.4) is 0 Å². The van der Waals surface area contributed by atoms with Gasteiger partial charge in [0, 0.05) is 49.5 Å². The Bertz CT molecular complexity index is 639. The van der Waals surface area contributed by atoms with Crippen LogP contribution < -0.4 is 14.4 Å². The van der Waals surface area contributed by atoms with Crippen molar-refractivity contribution >= 4 is 16.6 Å². The molecule has 0 aliphatic carbocycles. The molecular formula is C15H19N3O3. The van der Waals surface area contributed by atoms with Crippen LogP contribution in [0.15, 0.2) is 24.4 Å². The number of aromatic nitrogens is 1. The summed E-state index contributed by atoms with van der Waals surface area (Å²) in [6.45, 7) is 2.84. The first-order valence-corrected chi connectivity index (χ1v) is 6.92. The van der Waals surface area contributed by atoms with E-state index in [9.17, 15) is 5.21 Å². The van der Waals surface area contributed by atoms with Crippen molar-refractivity contribution < 1.29 is 14.7 Å². The van der Waals surface area contributed by atoms with Gasteiger partial charge in [-0.3, -0.25) is 4.98 Å². The van der Waals surface area contributed by atoms with Crippen molar-refractivity contribution in [1.82, 2.24) is 10.0 Å². The lowest BCUT2D eigenvalue weighted by Gasteiger charge is -2.33. The van der Waals surface area contributed by atoms with E-state index in [4.69, 9.17) is 9.47 Å². The predicted octanol–water partition coefficient (Wildman–Crippen LogP) is 1.76. The Hall–Kier alpha value is -2.05. The summed E-state index contributed by atoms with van der Waals surface area (Å²) in [4.78, 5) is 6.67. The van der Waals surface area contributed by atoms with Crippen molar-refractivity contribution in [3.8, 4) is 11.5 Å². The van der Waals surface area contributed by atoms with Crippen LogP contribution in [0.5, 0.6) is 11.5 Å². The van der Waals surface area contributed by atoms with Crippen molar-refractivity contribution in [2.24, 2.45) is 0 Å². The second-order valence-electron chi connectivity index (χ2n) is 5.00. The lowest BCUT2D eigenvalue weighted by molar-refractivity contribution is -0.0935. The fraction of sp³-hybridized carbons (Fsp3) is 0.400. The van der Waals surface area contributed by atoms with Crippen LogP contribution in [0.2, 0.25) is 0 Å². The molecule has 2 heterocycles. The highest BCUT2D eigenvalue weighted by Crippen LogP contribution is 2.35. The minimum atomic E-state index is 0.636. The Labute approximate surface area is 123 Å². The number of hydroxylamine groups is 2. The number of hydrogen-bond donors (Lipinski definition) is 1. The maximum Gasteiger partial charge on any atom is 0.162 e. The number of pyridine rings is 1. The molecule has 0 spiro atoms. The number of benzene rings is 1. The summed E-state index contributed by atoms with van der Waals surface area (Å²) < 4.78 is 10.7. The highest BCUT2D eigenvalue weighted by atomic mass is 16.5. The van der Waals surface area contributed by atoms with Crippen LogP contribution in [0, 0.1) is 0 Å². The highest BCUT2D eigenvalue weighted by molar-refractivity contribution is 5.94. The molecule has 0 bridgehead atoms. The van der Waals surface area contributed by atoms with E-state index < -0.39 is 0 Å². The van der Waals surface area contributed by atoms with Gasteiger partial charge in [0.15, 0.2) is 11.5 Å². The summed E-state index contributed by atoms with van der Waals surface area (Å²) >= 11 is 0. The maximum atomic E-state index is 9.50. The number of hydrogen-bond acceptors (Lipinski definition) is 6. The van der Waals surface area contributed by atoms with Crippen LogP contribution in [-0.2, 0) is 0 Å². The zero-order valence-corrected chi connectivity index (χ0v) is 12.2. The molecular weight excluding hydrogens is 270 g/mol. The topological polar surface area (TPSA) is 58.1 Å². The summed E-state index contributed by atoms with van der Waals surface area (Å²) in [5.74, 6) is 1.37. The standard InChI is InChI=1S/C15H19N3O3/c1-20-14-9-11-12(10-15(14)21-2)16-4-3-13(11)17-5-7-18(19)8-6-17/h3-4,9-10,19H,5-8H2,1-2H3. The molecule has 1 saturated heterocycles. The lowest BCUT2D eigenvalue weighted by atomic mass is 10.1. The van der Waals surface area contributed by atoms with Gasteiger partial charge in [0.05, 0.1) is 19.7 Å². The van der Waals surface area contributed by atoms with Crippen molar-refractivity contribution in [3.63, 3.8) is 0 Å². The second kappa shape index (κ2) is 5.75. The summed E-state index contributed by atoms with van der Waals surface area (Å²) in [6, 6.07) is 5.85. The van der Waals surface area contributed by atoms with Gasteiger partial charge in [-0.15, -0.1) is 0 Å². The molecule has 0 saturated carbocycles. The van der Waals surface area contributed by atoms with Crippen LogP contribution in [0.1, 0.15) is 0 Å². The van der Waals surface area contributed by atoms with Gasteiger partial charge in [0.1, 0.15) is 0 Å². The average molecular weight is 289 g/mol. The van der Waals surface area contributed by atoms with Gasteiger partial charge in [-0.25, -0.2) is 0 Å². The normalized spacial score (nSPS) is 16.2. The molecule has 1 aliphatic rings. The molecule has 0 amide bonds. The zero-order chi connectivity index (χ0) is 14.8. The second-order valence-corrected chi connectivity index (χ2v) is 5.00. The Balaban J connectivity index is 2.06. The molecule has 112 valence electrons. The van der Waals surface area contributed by atoms with Gasteiger partial charge < -0.3 is 19.6 Å². The zero-order valence-electron chi connectivity index (χ0n) is 12.2. The quantitative estimate of drug-likeness (QED) is 0.929. The number of fused-ring (bicyclic) bond motifs is 1. The fourth-order valence-electron chi connectivity index (χ4n) is 2.67. The van der Waals surface area contributed by atoms with E-state index in [0.29, 0.717) is 24.6 Å². The molecule has 0 unspecified atom stereocenters. The van der Waals surface area contributed by atoms with Crippen molar-refractivity contribution in [2.45, 2.75) is 0 Å². The predicted molar refractivity (Wildman–Crippen MR) is 80.4 cm³/mol. The van der Waals surface area contributed by atoms with Gasteiger partial charge in [0.25, 0.3) is 0 Å². The number of ether oxygens (including phenoxy) is 2. The molecule has 6 heteroatoms. The van der Waals surface area contributed by atoms with Gasteiger partial charge in [-0.05, 0) is 12.1 Å². The molecule has 1 fully saturated rings. The summed E-state index contributed by atoms with van der Waals surface area (Å²) in [5.41, 5.74) is 1.98. The molecule has 1 N–H and O–H groups in total. The SMILES string of the molecule is COc1cc2nccc(N3CCN(O)CC3)c2cc1OC. The molecule has 1 aliphatic heterocycles. The Kier molecular flexibility index (Phi) is 3.81. The van der Waals surface area contributed by atoms with E-state index in [0.717, 1.165) is 29.7 Å². The largest absolute Gasteiger partial charge is 0.493 e. The Morgan fingerprint density at radius 3 is 2.38 bits per heavy atom. The first-order chi connectivity index (χ1) is 10.2. The Morgan fingerprint density at radius 2 is 1.71 bits per heavy atom. The van der Waals surface area contributed by atoms with Crippen molar-refractivity contribution in [2.75, 3.05) is 45.3 Å². The summed E-state index contributed by atoms with van der Waals surface area (Å²) in [7, 11) is 3.25. The van der Waals surface area contributed by atoms with Gasteiger partial charge in [-0.1, -0.05) is 0 Å². The molecule has 2 aromatic rings. The van der Waals surface area contributed by atoms with Crippen molar-refractivity contribution in [1.29, 1.82) is 0 Å². The van der Waals surface area contributed by atoms with E-state index in [2.05, 4.69) is 9.88 Å². The van der Waals surface area contributed by atoms with Gasteiger partial charge >= 0.3 is 0 Å². The lowest BCUT2D eigenvalue weighted by Crippen LogP contribution is -2.44. The van der Waals surface area contributed by atoms with E-state index >= 15 is 0 Å². The third-order valence-corrected chi connectivity index (χ3v) is 3.82. The fourth-order valence-corrected chi connectivity index (χ4v) is 2.67. The summed E-state index contributed by atoms with van der Waals surface area (Å²) in [6.07, 6.45) is 1.80. The van der Waals surface area contributed by atoms with Crippen LogP contribution in [0.25, 0.3) is 10.9 Å². The molecule has 3 rings (SSSR count). The minimum absolute atomic E-state index is 0.636. The molecule has 0 atom stereocenters.